The summed E-state index contributed by atoms with van der Waals surface area (Å²) in [6, 6.07) is 0. The molecule has 5 rings (SSSR count). The van der Waals surface area contributed by atoms with E-state index in [2.05, 4.69) is 10.3 Å². The summed E-state index contributed by atoms with van der Waals surface area (Å²) < 4.78 is 0. The Balaban J connectivity index is 1.34. The zero-order valence-electron chi connectivity index (χ0n) is 13.2. The van der Waals surface area contributed by atoms with Gasteiger partial charge >= 0.3 is 0 Å². The first kappa shape index (κ1) is 14.4. The van der Waals surface area contributed by atoms with Crippen molar-refractivity contribution >= 4 is 23.3 Å². The van der Waals surface area contributed by atoms with E-state index in [1.165, 1.54) is 38.5 Å². The van der Waals surface area contributed by atoms with Gasteiger partial charge in [0.25, 0.3) is 0 Å². The Hall–Kier alpha value is -1.16. The minimum Gasteiger partial charge on any atom is -0.352 e. The van der Waals surface area contributed by atoms with Crippen LogP contribution in [0.2, 0.25) is 0 Å². The number of aryl methyl sites for hydroxylation is 1. The predicted octanol–water partition coefficient (Wildman–Crippen LogP) is 3.80. The van der Waals surface area contributed by atoms with Crippen molar-refractivity contribution in [1.82, 2.24) is 10.3 Å². The number of carbonyl (C=O) groups is 1. The van der Waals surface area contributed by atoms with Gasteiger partial charge in [-0.1, -0.05) is 0 Å². The van der Waals surface area contributed by atoms with Crippen LogP contribution in [0.25, 0.3) is 6.08 Å². The highest BCUT2D eigenvalue weighted by molar-refractivity contribution is 7.09. The van der Waals surface area contributed by atoms with E-state index >= 15 is 0 Å². The van der Waals surface area contributed by atoms with Crippen LogP contribution in [0.4, 0.5) is 0 Å². The van der Waals surface area contributed by atoms with E-state index < -0.39 is 0 Å². The average molecular weight is 316 g/mol. The van der Waals surface area contributed by atoms with Gasteiger partial charge in [0, 0.05) is 18.0 Å². The number of carbonyl (C=O) groups excluding carboxylic acids is 1. The highest BCUT2D eigenvalue weighted by Gasteiger charge is 2.50. The topological polar surface area (TPSA) is 42.0 Å². The Labute approximate surface area is 136 Å². The van der Waals surface area contributed by atoms with Gasteiger partial charge in [0.15, 0.2) is 0 Å². The lowest BCUT2D eigenvalue weighted by atomic mass is 9.49. The average Bonchev–Trinajstić information content (AvgIpc) is 2.87. The van der Waals surface area contributed by atoms with Crippen molar-refractivity contribution in [3.05, 3.63) is 22.2 Å². The Morgan fingerprint density at radius 3 is 2.50 bits per heavy atom. The molecule has 4 aliphatic carbocycles. The molecule has 4 bridgehead atoms. The SMILES string of the molecule is Cc1nc(/C=C/C(=O)NCC23CC4CC(CC(C4)C2)C3)cs1. The smallest absolute Gasteiger partial charge is 0.244 e. The van der Waals surface area contributed by atoms with Crippen molar-refractivity contribution < 1.29 is 4.79 Å². The molecular formula is C18H24N2OS. The second-order valence-electron chi connectivity index (χ2n) is 7.76. The molecular weight excluding hydrogens is 292 g/mol. The van der Waals surface area contributed by atoms with E-state index in [1.807, 2.05) is 18.4 Å². The summed E-state index contributed by atoms with van der Waals surface area (Å²) in [6.45, 7) is 2.85. The molecule has 3 nitrogen and oxygen atoms in total. The van der Waals surface area contributed by atoms with Crippen molar-refractivity contribution in [3.63, 3.8) is 0 Å². The minimum absolute atomic E-state index is 0.0291. The standard InChI is InChI=1S/C18H24N2OS/c1-12-20-16(10-22-12)2-3-17(21)19-11-18-7-13-4-14(8-18)6-15(5-13)9-18/h2-3,10,13-15H,4-9,11H2,1H3,(H,19,21)/b3-2+. The lowest BCUT2D eigenvalue weighted by Crippen LogP contribution is -2.51. The van der Waals surface area contributed by atoms with Crippen LogP contribution in [0.5, 0.6) is 0 Å². The number of nitrogens with one attached hydrogen (secondary N) is 1. The zero-order valence-corrected chi connectivity index (χ0v) is 14.0. The summed E-state index contributed by atoms with van der Waals surface area (Å²) in [5, 5.41) is 6.19. The molecule has 1 heterocycles. The monoisotopic (exact) mass is 316 g/mol. The number of hydrogen-bond acceptors (Lipinski definition) is 3. The third-order valence-corrected chi connectivity index (χ3v) is 6.64. The quantitative estimate of drug-likeness (QED) is 0.859. The maximum Gasteiger partial charge on any atom is 0.244 e. The molecule has 0 radical (unpaired) electrons. The largest absolute Gasteiger partial charge is 0.352 e. The maximum atomic E-state index is 12.1. The van der Waals surface area contributed by atoms with Crippen LogP contribution in [0.3, 0.4) is 0 Å². The summed E-state index contributed by atoms with van der Waals surface area (Å²) in [4.78, 5) is 16.4. The van der Waals surface area contributed by atoms with E-state index in [1.54, 1.807) is 17.4 Å². The minimum atomic E-state index is 0.0291. The van der Waals surface area contributed by atoms with Gasteiger partial charge in [-0.25, -0.2) is 4.98 Å². The van der Waals surface area contributed by atoms with Gasteiger partial charge in [-0.15, -0.1) is 11.3 Å². The lowest BCUT2D eigenvalue weighted by molar-refractivity contribution is -0.118. The van der Waals surface area contributed by atoms with Gasteiger partial charge in [0.1, 0.15) is 0 Å². The highest BCUT2D eigenvalue weighted by atomic mass is 32.1. The molecule has 22 heavy (non-hydrogen) atoms. The molecule has 4 heteroatoms. The molecule has 1 aromatic rings. The molecule has 0 spiro atoms. The fourth-order valence-corrected chi connectivity index (χ4v) is 6.04. The summed E-state index contributed by atoms with van der Waals surface area (Å²) in [6.07, 6.45) is 11.8. The Morgan fingerprint density at radius 2 is 1.95 bits per heavy atom. The lowest BCUT2D eigenvalue weighted by Gasteiger charge is -2.56. The molecule has 0 aromatic carbocycles. The first-order valence-corrected chi connectivity index (χ1v) is 9.36. The Bertz CT molecular complexity index is 569. The second kappa shape index (κ2) is 5.48. The predicted molar refractivity (Wildman–Crippen MR) is 89.5 cm³/mol. The molecule has 1 N–H and O–H groups in total. The van der Waals surface area contributed by atoms with E-state index in [9.17, 15) is 4.79 Å². The molecule has 4 saturated carbocycles. The highest BCUT2D eigenvalue weighted by Crippen LogP contribution is 2.59. The first-order chi connectivity index (χ1) is 10.6. The molecule has 0 aliphatic heterocycles. The molecule has 0 saturated heterocycles. The van der Waals surface area contributed by atoms with Gasteiger partial charge in [0.2, 0.25) is 5.91 Å². The zero-order chi connectivity index (χ0) is 15.2. The van der Waals surface area contributed by atoms with Gasteiger partial charge in [-0.2, -0.15) is 0 Å². The number of hydrogen-bond donors (Lipinski definition) is 1. The van der Waals surface area contributed by atoms with Crippen LogP contribution < -0.4 is 5.32 Å². The van der Waals surface area contributed by atoms with Crippen LogP contribution in [-0.4, -0.2) is 17.4 Å². The Kier molecular flexibility index (Phi) is 3.60. The number of amides is 1. The van der Waals surface area contributed by atoms with Crippen molar-refractivity contribution in [2.75, 3.05) is 6.54 Å². The van der Waals surface area contributed by atoms with E-state index in [-0.39, 0.29) is 5.91 Å². The van der Waals surface area contributed by atoms with Crippen LogP contribution in [0, 0.1) is 30.1 Å². The van der Waals surface area contributed by atoms with Crippen LogP contribution in [0.15, 0.2) is 11.5 Å². The molecule has 1 aromatic heterocycles. The van der Waals surface area contributed by atoms with Gasteiger partial charge in [0.05, 0.1) is 10.7 Å². The summed E-state index contributed by atoms with van der Waals surface area (Å²) in [5.41, 5.74) is 1.29. The van der Waals surface area contributed by atoms with Gasteiger partial charge in [-0.05, 0) is 74.7 Å². The third-order valence-electron chi connectivity index (χ3n) is 5.84. The van der Waals surface area contributed by atoms with Crippen LogP contribution in [-0.2, 0) is 4.79 Å². The number of thiazole rings is 1. The van der Waals surface area contributed by atoms with E-state index in [0.29, 0.717) is 5.41 Å². The number of aromatic nitrogens is 1. The fraction of sp³-hybridized carbons (Fsp3) is 0.667. The summed E-state index contributed by atoms with van der Waals surface area (Å²) in [5.74, 6) is 2.85. The molecule has 0 unspecified atom stereocenters. The Morgan fingerprint density at radius 1 is 1.32 bits per heavy atom. The van der Waals surface area contributed by atoms with Crippen molar-refractivity contribution in [3.8, 4) is 0 Å². The summed E-state index contributed by atoms with van der Waals surface area (Å²) in [7, 11) is 0. The summed E-state index contributed by atoms with van der Waals surface area (Å²) >= 11 is 1.61. The molecule has 118 valence electrons. The molecule has 4 aliphatic rings. The first-order valence-electron chi connectivity index (χ1n) is 8.48. The van der Waals surface area contributed by atoms with E-state index in [4.69, 9.17) is 0 Å². The molecule has 0 atom stereocenters. The van der Waals surface area contributed by atoms with Crippen molar-refractivity contribution in [2.45, 2.75) is 45.4 Å². The number of rotatable bonds is 4. The fourth-order valence-electron chi connectivity index (χ4n) is 5.46. The maximum absolute atomic E-state index is 12.1. The molecule has 4 fully saturated rings. The van der Waals surface area contributed by atoms with Gasteiger partial charge < -0.3 is 5.32 Å². The number of nitrogens with zero attached hydrogens (tertiary/aromatic N) is 1. The third kappa shape index (κ3) is 2.85. The van der Waals surface area contributed by atoms with Crippen molar-refractivity contribution in [2.24, 2.45) is 23.2 Å². The molecule has 1 amide bonds. The van der Waals surface area contributed by atoms with Gasteiger partial charge in [-0.3, -0.25) is 4.79 Å². The normalized spacial score (nSPS) is 36.1. The van der Waals surface area contributed by atoms with Crippen molar-refractivity contribution in [1.29, 1.82) is 0 Å². The van der Waals surface area contributed by atoms with Crippen LogP contribution in [0.1, 0.15) is 49.2 Å². The second-order valence-corrected chi connectivity index (χ2v) is 8.82. The van der Waals surface area contributed by atoms with Crippen LogP contribution >= 0.6 is 11.3 Å². The van der Waals surface area contributed by atoms with E-state index in [0.717, 1.165) is 35.0 Å².